The van der Waals surface area contributed by atoms with E-state index in [4.69, 9.17) is 4.98 Å². The number of nitrogens with one attached hydrogen (secondary N) is 1. The van der Waals surface area contributed by atoms with Crippen LogP contribution in [0.25, 0.3) is 0 Å². The molecular weight excluding hydrogens is 266 g/mol. The Morgan fingerprint density at radius 3 is 2.95 bits per heavy atom. The summed E-state index contributed by atoms with van der Waals surface area (Å²) >= 11 is 2.01. The summed E-state index contributed by atoms with van der Waals surface area (Å²) in [5, 5.41) is 5.10. The molecule has 2 saturated heterocycles. The topological polar surface area (TPSA) is 28.2 Å². The molecule has 1 aromatic rings. The Kier molecular flexibility index (Phi) is 3.36. The third-order valence-electron chi connectivity index (χ3n) is 5.65. The minimum atomic E-state index is 0.141. The summed E-state index contributed by atoms with van der Waals surface area (Å²) < 4.78 is 0. The molecule has 20 heavy (non-hydrogen) atoms. The van der Waals surface area contributed by atoms with Gasteiger partial charge in [0.1, 0.15) is 5.01 Å². The first-order chi connectivity index (χ1) is 9.83. The number of hydrogen-bond acceptors (Lipinski definition) is 4. The van der Waals surface area contributed by atoms with E-state index in [2.05, 4.69) is 17.3 Å². The summed E-state index contributed by atoms with van der Waals surface area (Å²) in [6, 6.07) is 0.675. The second-order valence-electron chi connectivity index (χ2n) is 6.61. The van der Waals surface area contributed by atoms with Crippen LogP contribution in [0.3, 0.4) is 0 Å². The number of nitrogens with zero attached hydrogens (tertiary/aromatic N) is 2. The summed E-state index contributed by atoms with van der Waals surface area (Å²) in [6.07, 6.45) is 10.5. The number of thiazole rings is 1. The molecule has 3 aliphatic rings. The molecule has 0 radical (unpaired) electrons. The van der Waals surface area contributed by atoms with E-state index in [0.29, 0.717) is 6.04 Å². The smallest absolute Gasteiger partial charge is 0.115 e. The van der Waals surface area contributed by atoms with Gasteiger partial charge in [-0.3, -0.25) is 4.90 Å². The predicted octanol–water partition coefficient (Wildman–Crippen LogP) is 2.69. The van der Waals surface area contributed by atoms with Crippen molar-refractivity contribution in [3.8, 4) is 0 Å². The summed E-state index contributed by atoms with van der Waals surface area (Å²) in [4.78, 5) is 9.38. The van der Waals surface area contributed by atoms with Crippen LogP contribution in [0.1, 0.15) is 54.1 Å². The van der Waals surface area contributed by atoms with Crippen LogP contribution < -0.4 is 5.32 Å². The number of aryl methyl sites for hydroxylation is 2. The van der Waals surface area contributed by atoms with Crippen molar-refractivity contribution in [2.75, 3.05) is 20.1 Å². The van der Waals surface area contributed by atoms with Crippen molar-refractivity contribution < 1.29 is 0 Å². The highest BCUT2D eigenvalue weighted by molar-refractivity contribution is 7.12. The van der Waals surface area contributed by atoms with Gasteiger partial charge in [-0.1, -0.05) is 6.42 Å². The first-order valence-corrected chi connectivity index (χ1v) is 9.07. The minimum absolute atomic E-state index is 0.141. The second-order valence-corrected chi connectivity index (χ2v) is 7.70. The van der Waals surface area contributed by atoms with E-state index in [0.717, 1.165) is 0 Å². The van der Waals surface area contributed by atoms with Gasteiger partial charge in [0.2, 0.25) is 0 Å². The molecule has 2 atom stereocenters. The average Bonchev–Trinajstić information content (AvgIpc) is 3.09. The SMILES string of the molecule is CNC1(c2nc3c(s2)CCCC3)CCN2CCCCC21. The monoisotopic (exact) mass is 291 g/mol. The van der Waals surface area contributed by atoms with Gasteiger partial charge >= 0.3 is 0 Å². The molecule has 4 heteroatoms. The van der Waals surface area contributed by atoms with Crippen molar-refractivity contribution in [1.82, 2.24) is 15.2 Å². The van der Waals surface area contributed by atoms with Gasteiger partial charge in [0.25, 0.3) is 0 Å². The van der Waals surface area contributed by atoms with Gasteiger partial charge in [0.15, 0.2) is 0 Å². The number of piperidine rings is 1. The Morgan fingerprint density at radius 1 is 1.20 bits per heavy atom. The highest BCUT2D eigenvalue weighted by atomic mass is 32.1. The molecule has 2 unspecified atom stereocenters. The maximum absolute atomic E-state index is 5.10. The molecule has 0 aromatic carbocycles. The number of rotatable bonds is 2. The summed E-state index contributed by atoms with van der Waals surface area (Å²) in [7, 11) is 2.15. The first-order valence-electron chi connectivity index (χ1n) is 8.25. The van der Waals surface area contributed by atoms with Crippen LogP contribution in [0.15, 0.2) is 0 Å². The van der Waals surface area contributed by atoms with Gasteiger partial charge < -0.3 is 5.32 Å². The molecule has 3 nitrogen and oxygen atoms in total. The zero-order chi connectivity index (χ0) is 13.6. The summed E-state index contributed by atoms with van der Waals surface area (Å²) in [5.74, 6) is 0. The van der Waals surface area contributed by atoms with E-state index in [1.165, 1.54) is 75.2 Å². The van der Waals surface area contributed by atoms with Gasteiger partial charge in [0.05, 0.1) is 11.2 Å². The molecule has 0 bridgehead atoms. The lowest BCUT2D eigenvalue weighted by atomic mass is 9.86. The van der Waals surface area contributed by atoms with Crippen molar-refractivity contribution >= 4 is 11.3 Å². The molecule has 0 amide bonds. The van der Waals surface area contributed by atoms with Crippen LogP contribution in [0, 0.1) is 0 Å². The van der Waals surface area contributed by atoms with Gasteiger partial charge in [-0.25, -0.2) is 4.98 Å². The van der Waals surface area contributed by atoms with Crippen LogP contribution in [-0.4, -0.2) is 36.1 Å². The standard InChI is InChI=1S/C16H25N3S/c1-17-16(9-11-19-10-5-4-8-14(16)19)15-18-12-6-2-3-7-13(12)20-15/h14,17H,2-11H2,1H3. The lowest BCUT2D eigenvalue weighted by molar-refractivity contribution is 0.141. The van der Waals surface area contributed by atoms with Crippen LogP contribution in [0.4, 0.5) is 0 Å². The third kappa shape index (κ3) is 1.88. The fraction of sp³-hybridized carbons (Fsp3) is 0.812. The average molecular weight is 291 g/mol. The number of likely N-dealkylation sites (N-methyl/N-ethyl adjacent to an activating group) is 1. The zero-order valence-electron chi connectivity index (χ0n) is 12.5. The molecule has 0 spiro atoms. The first kappa shape index (κ1) is 13.2. The van der Waals surface area contributed by atoms with Crippen molar-refractivity contribution in [3.63, 3.8) is 0 Å². The zero-order valence-corrected chi connectivity index (χ0v) is 13.3. The van der Waals surface area contributed by atoms with Crippen LogP contribution >= 0.6 is 11.3 Å². The predicted molar refractivity (Wildman–Crippen MR) is 83.3 cm³/mol. The Bertz CT molecular complexity index is 474. The maximum atomic E-state index is 5.10. The molecular formula is C16H25N3S. The number of hydrogen-bond donors (Lipinski definition) is 1. The van der Waals surface area contributed by atoms with E-state index in [-0.39, 0.29) is 5.54 Å². The molecule has 1 N–H and O–H groups in total. The van der Waals surface area contributed by atoms with Gasteiger partial charge in [0, 0.05) is 17.5 Å². The Morgan fingerprint density at radius 2 is 2.10 bits per heavy atom. The maximum Gasteiger partial charge on any atom is 0.115 e. The fourth-order valence-corrected chi connectivity index (χ4v) is 5.92. The molecule has 1 aromatic heterocycles. The molecule has 2 fully saturated rings. The van der Waals surface area contributed by atoms with E-state index < -0.39 is 0 Å². The molecule has 1 aliphatic carbocycles. The van der Waals surface area contributed by atoms with Crippen molar-refractivity contribution in [2.45, 2.75) is 62.9 Å². The quantitative estimate of drug-likeness (QED) is 0.908. The normalized spacial score (nSPS) is 34.0. The van der Waals surface area contributed by atoms with Crippen molar-refractivity contribution in [2.24, 2.45) is 0 Å². The minimum Gasteiger partial charge on any atom is -0.307 e. The molecule has 110 valence electrons. The van der Waals surface area contributed by atoms with E-state index in [9.17, 15) is 0 Å². The number of fused-ring (bicyclic) bond motifs is 2. The lowest BCUT2D eigenvalue weighted by Crippen LogP contribution is -2.52. The Balaban J connectivity index is 1.71. The molecule has 4 rings (SSSR count). The largest absolute Gasteiger partial charge is 0.307 e. The molecule has 0 saturated carbocycles. The van der Waals surface area contributed by atoms with E-state index >= 15 is 0 Å². The van der Waals surface area contributed by atoms with E-state index in [1.807, 2.05) is 11.3 Å². The lowest BCUT2D eigenvalue weighted by Gasteiger charge is -2.39. The Hall–Kier alpha value is -0.450. The second kappa shape index (κ2) is 5.08. The van der Waals surface area contributed by atoms with Gasteiger partial charge in [-0.2, -0.15) is 0 Å². The highest BCUT2D eigenvalue weighted by Crippen LogP contribution is 2.44. The van der Waals surface area contributed by atoms with Crippen molar-refractivity contribution in [1.29, 1.82) is 0 Å². The molecule has 3 heterocycles. The highest BCUT2D eigenvalue weighted by Gasteiger charge is 2.50. The van der Waals surface area contributed by atoms with Gasteiger partial charge in [-0.15, -0.1) is 11.3 Å². The summed E-state index contributed by atoms with van der Waals surface area (Å²) in [5.41, 5.74) is 1.56. The van der Waals surface area contributed by atoms with Crippen molar-refractivity contribution in [3.05, 3.63) is 15.6 Å². The fourth-order valence-electron chi connectivity index (χ4n) is 4.49. The Labute approximate surface area is 125 Å². The third-order valence-corrected chi connectivity index (χ3v) is 6.98. The van der Waals surface area contributed by atoms with Gasteiger partial charge in [-0.05, 0) is 58.5 Å². The number of aromatic nitrogens is 1. The van der Waals surface area contributed by atoms with Crippen LogP contribution in [0.2, 0.25) is 0 Å². The van der Waals surface area contributed by atoms with Crippen LogP contribution in [0.5, 0.6) is 0 Å². The van der Waals surface area contributed by atoms with E-state index in [1.54, 1.807) is 4.88 Å². The van der Waals surface area contributed by atoms with Crippen LogP contribution in [-0.2, 0) is 18.4 Å². The summed E-state index contributed by atoms with van der Waals surface area (Å²) in [6.45, 7) is 2.54. The molecule has 2 aliphatic heterocycles.